The molecule has 2 unspecified atom stereocenters. The van der Waals surface area contributed by atoms with Crippen LogP contribution in [0.2, 0.25) is 0 Å². The highest BCUT2D eigenvalue weighted by Gasteiger charge is 2.20. The third-order valence-corrected chi connectivity index (χ3v) is 4.77. The third kappa shape index (κ3) is 3.70. The lowest BCUT2D eigenvalue weighted by Crippen LogP contribution is -2.43. The molecule has 14 heavy (non-hydrogen) atoms. The summed E-state index contributed by atoms with van der Waals surface area (Å²) >= 11 is 0. The molecule has 1 heterocycles. The van der Waals surface area contributed by atoms with Crippen LogP contribution in [-0.2, 0) is 10.8 Å². The summed E-state index contributed by atoms with van der Waals surface area (Å²) in [5.41, 5.74) is 0. The van der Waals surface area contributed by atoms with Gasteiger partial charge in [-0.2, -0.15) is 0 Å². The SMILES string of the molecule is CCC(C)C(C)NC1CCS(=O)CC1. The van der Waals surface area contributed by atoms with Gasteiger partial charge in [-0.3, -0.25) is 4.21 Å². The van der Waals surface area contributed by atoms with E-state index in [-0.39, 0.29) is 0 Å². The van der Waals surface area contributed by atoms with Gasteiger partial charge in [-0.1, -0.05) is 20.3 Å². The van der Waals surface area contributed by atoms with Gasteiger partial charge in [0.1, 0.15) is 0 Å². The zero-order valence-electron chi connectivity index (χ0n) is 9.58. The molecule has 1 aliphatic rings. The predicted octanol–water partition coefficient (Wildman–Crippen LogP) is 1.92. The van der Waals surface area contributed by atoms with Gasteiger partial charge in [-0.05, 0) is 25.7 Å². The maximum Gasteiger partial charge on any atom is 0.0249 e. The van der Waals surface area contributed by atoms with Crippen molar-refractivity contribution < 1.29 is 4.21 Å². The lowest BCUT2D eigenvalue weighted by atomic mass is 9.99. The van der Waals surface area contributed by atoms with Gasteiger partial charge < -0.3 is 5.32 Å². The maximum atomic E-state index is 11.2. The fraction of sp³-hybridized carbons (Fsp3) is 1.00. The van der Waals surface area contributed by atoms with E-state index >= 15 is 0 Å². The van der Waals surface area contributed by atoms with Crippen molar-refractivity contribution in [1.29, 1.82) is 0 Å². The van der Waals surface area contributed by atoms with Gasteiger partial charge in [-0.25, -0.2) is 0 Å². The first-order valence-electron chi connectivity index (χ1n) is 5.74. The van der Waals surface area contributed by atoms with Crippen molar-refractivity contribution in [3.05, 3.63) is 0 Å². The second-order valence-electron chi connectivity index (χ2n) is 4.46. The van der Waals surface area contributed by atoms with Crippen molar-refractivity contribution in [2.24, 2.45) is 5.92 Å². The second-order valence-corrected chi connectivity index (χ2v) is 6.16. The molecular weight excluding hydrogens is 194 g/mol. The average molecular weight is 217 g/mol. The Labute approximate surface area is 90.3 Å². The molecule has 2 nitrogen and oxygen atoms in total. The van der Waals surface area contributed by atoms with Gasteiger partial charge in [0.2, 0.25) is 0 Å². The van der Waals surface area contributed by atoms with Crippen LogP contribution in [0.1, 0.15) is 40.0 Å². The first-order chi connectivity index (χ1) is 6.63. The molecule has 0 amide bonds. The fourth-order valence-corrected chi connectivity index (χ4v) is 3.15. The van der Waals surface area contributed by atoms with Gasteiger partial charge in [0.15, 0.2) is 0 Å². The molecule has 0 radical (unpaired) electrons. The lowest BCUT2D eigenvalue weighted by molar-refractivity contribution is 0.335. The van der Waals surface area contributed by atoms with E-state index < -0.39 is 10.8 Å². The van der Waals surface area contributed by atoms with Crippen LogP contribution in [0, 0.1) is 5.92 Å². The van der Waals surface area contributed by atoms with Gasteiger partial charge in [-0.15, -0.1) is 0 Å². The molecule has 2 atom stereocenters. The summed E-state index contributed by atoms with van der Waals surface area (Å²) < 4.78 is 11.2. The van der Waals surface area contributed by atoms with Crippen LogP contribution >= 0.6 is 0 Å². The first kappa shape index (κ1) is 12.2. The number of rotatable bonds is 4. The van der Waals surface area contributed by atoms with Crippen molar-refractivity contribution >= 4 is 10.8 Å². The Morgan fingerprint density at radius 1 is 1.36 bits per heavy atom. The molecule has 1 rings (SSSR count). The molecule has 3 heteroatoms. The van der Waals surface area contributed by atoms with Gasteiger partial charge in [0, 0.05) is 34.4 Å². The van der Waals surface area contributed by atoms with Crippen LogP contribution in [0.25, 0.3) is 0 Å². The Morgan fingerprint density at radius 3 is 2.43 bits per heavy atom. The molecule has 84 valence electrons. The van der Waals surface area contributed by atoms with Gasteiger partial charge in [0.25, 0.3) is 0 Å². The average Bonchev–Trinajstić information content (AvgIpc) is 2.20. The minimum absolute atomic E-state index is 0.528. The molecule has 0 aromatic rings. The first-order valence-corrected chi connectivity index (χ1v) is 7.23. The Kier molecular flexibility index (Phi) is 5.10. The maximum absolute atomic E-state index is 11.2. The van der Waals surface area contributed by atoms with Crippen molar-refractivity contribution in [3.63, 3.8) is 0 Å². The fourth-order valence-electron chi connectivity index (χ4n) is 1.85. The molecule has 0 aromatic carbocycles. The van der Waals surface area contributed by atoms with Crippen LogP contribution in [0.15, 0.2) is 0 Å². The highest BCUT2D eigenvalue weighted by Crippen LogP contribution is 2.13. The molecule has 0 spiro atoms. The van der Waals surface area contributed by atoms with E-state index in [2.05, 4.69) is 26.1 Å². The van der Waals surface area contributed by atoms with E-state index in [1.165, 1.54) is 6.42 Å². The summed E-state index contributed by atoms with van der Waals surface area (Å²) in [5.74, 6) is 2.53. The Bertz CT molecular complexity index is 186. The molecule has 1 fully saturated rings. The van der Waals surface area contributed by atoms with E-state index in [9.17, 15) is 4.21 Å². The summed E-state index contributed by atoms with van der Waals surface area (Å²) in [4.78, 5) is 0. The van der Waals surface area contributed by atoms with E-state index in [0.29, 0.717) is 12.1 Å². The monoisotopic (exact) mass is 217 g/mol. The molecule has 0 saturated carbocycles. The summed E-state index contributed by atoms with van der Waals surface area (Å²) in [5, 5.41) is 3.66. The summed E-state index contributed by atoms with van der Waals surface area (Å²) in [6.45, 7) is 6.79. The van der Waals surface area contributed by atoms with Crippen molar-refractivity contribution in [2.45, 2.75) is 52.1 Å². The van der Waals surface area contributed by atoms with E-state index in [0.717, 1.165) is 30.3 Å². The van der Waals surface area contributed by atoms with E-state index in [1.807, 2.05) is 0 Å². The quantitative estimate of drug-likeness (QED) is 0.779. The van der Waals surface area contributed by atoms with E-state index in [1.54, 1.807) is 0 Å². The highest BCUT2D eigenvalue weighted by molar-refractivity contribution is 7.85. The Hall–Kier alpha value is 0.110. The smallest absolute Gasteiger partial charge is 0.0249 e. The van der Waals surface area contributed by atoms with Crippen molar-refractivity contribution in [1.82, 2.24) is 5.32 Å². The van der Waals surface area contributed by atoms with Crippen molar-refractivity contribution in [2.75, 3.05) is 11.5 Å². The van der Waals surface area contributed by atoms with Crippen LogP contribution in [0.5, 0.6) is 0 Å². The van der Waals surface area contributed by atoms with Crippen LogP contribution in [0.4, 0.5) is 0 Å². The zero-order valence-corrected chi connectivity index (χ0v) is 10.4. The Balaban J connectivity index is 2.26. The normalized spacial score (nSPS) is 32.5. The molecule has 0 aliphatic carbocycles. The summed E-state index contributed by atoms with van der Waals surface area (Å²) in [6, 6.07) is 1.20. The second kappa shape index (κ2) is 5.86. The molecule has 1 N–H and O–H groups in total. The highest BCUT2D eigenvalue weighted by atomic mass is 32.2. The van der Waals surface area contributed by atoms with Crippen molar-refractivity contribution in [3.8, 4) is 0 Å². The zero-order chi connectivity index (χ0) is 10.6. The predicted molar refractivity (Wildman–Crippen MR) is 63.0 cm³/mol. The minimum Gasteiger partial charge on any atom is -0.311 e. The largest absolute Gasteiger partial charge is 0.311 e. The molecule has 0 bridgehead atoms. The van der Waals surface area contributed by atoms with Crippen LogP contribution in [0.3, 0.4) is 0 Å². The molecule has 1 aliphatic heterocycles. The third-order valence-electron chi connectivity index (χ3n) is 3.38. The Morgan fingerprint density at radius 2 is 1.93 bits per heavy atom. The van der Waals surface area contributed by atoms with Gasteiger partial charge in [0.05, 0.1) is 0 Å². The van der Waals surface area contributed by atoms with Crippen LogP contribution < -0.4 is 5.32 Å². The lowest BCUT2D eigenvalue weighted by Gasteiger charge is -2.29. The summed E-state index contributed by atoms with van der Waals surface area (Å²) in [7, 11) is -0.528. The standard InChI is InChI=1S/C11H23NOS/c1-4-9(2)10(3)12-11-5-7-14(13)8-6-11/h9-12H,4-8H2,1-3H3. The number of hydrogen-bond donors (Lipinski definition) is 1. The van der Waals surface area contributed by atoms with E-state index in [4.69, 9.17) is 0 Å². The molecule has 1 saturated heterocycles. The number of nitrogens with one attached hydrogen (secondary N) is 1. The van der Waals surface area contributed by atoms with Gasteiger partial charge >= 0.3 is 0 Å². The molecule has 0 aromatic heterocycles. The topological polar surface area (TPSA) is 29.1 Å². The van der Waals surface area contributed by atoms with Crippen LogP contribution in [-0.4, -0.2) is 27.8 Å². The summed E-state index contributed by atoms with van der Waals surface area (Å²) in [6.07, 6.45) is 3.41. The number of hydrogen-bond acceptors (Lipinski definition) is 2. The molecular formula is C11H23NOS. The minimum atomic E-state index is -0.528.